The molecule has 0 radical (unpaired) electrons. The summed E-state index contributed by atoms with van der Waals surface area (Å²) >= 11 is 0. The van der Waals surface area contributed by atoms with E-state index >= 15 is 0 Å². The molecule has 0 heterocycles. The Labute approximate surface area is 137 Å². The van der Waals surface area contributed by atoms with Crippen molar-refractivity contribution in [1.82, 2.24) is 10.6 Å². The van der Waals surface area contributed by atoms with Gasteiger partial charge in [0.1, 0.15) is 6.04 Å². The minimum absolute atomic E-state index is 0.000830. The molecule has 1 saturated carbocycles. The quantitative estimate of drug-likeness (QED) is 0.748. The Hall–Kier alpha value is -1.88. The van der Waals surface area contributed by atoms with Crippen molar-refractivity contribution in [2.75, 3.05) is 0 Å². The van der Waals surface area contributed by atoms with Crippen molar-refractivity contribution in [2.45, 2.75) is 58.7 Å². The number of hydrogen-bond donors (Lipinski definition) is 3. The number of nitrogens with one attached hydrogen (secondary N) is 2. The summed E-state index contributed by atoms with van der Waals surface area (Å²) < 4.78 is 0. The van der Waals surface area contributed by atoms with Gasteiger partial charge in [-0.15, -0.1) is 0 Å². The molecule has 5 heteroatoms. The van der Waals surface area contributed by atoms with Gasteiger partial charge >= 0.3 is 0 Å². The predicted octanol–water partition coefficient (Wildman–Crippen LogP) is 1.76. The van der Waals surface area contributed by atoms with Gasteiger partial charge in [-0.25, -0.2) is 0 Å². The van der Waals surface area contributed by atoms with E-state index in [1.54, 1.807) is 0 Å². The van der Waals surface area contributed by atoms with E-state index in [-0.39, 0.29) is 23.8 Å². The maximum absolute atomic E-state index is 12.4. The van der Waals surface area contributed by atoms with Crippen LogP contribution in [0.4, 0.5) is 0 Å². The fraction of sp³-hybridized carbons (Fsp3) is 0.556. The van der Waals surface area contributed by atoms with Crippen molar-refractivity contribution in [3.63, 3.8) is 0 Å². The second-order valence-corrected chi connectivity index (χ2v) is 6.65. The fourth-order valence-corrected chi connectivity index (χ4v) is 2.67. The van der Waals surface area contributed by atoms with Crippen molar-refractivity contribution in [3.05, 3.63) is 34.9 Å². The van der Waals surface area contributed by atoms with Gasteiger partial charge in [-0.1, -0.05) is 29.3 Å². The zero-order valence-corrected chi connectivity index (χ0v) is 14.2. The molecule has 0 saturated heterocycles. The first kappa shape index (κ1) is 17.5. The Bertz CT molecular complexity index is 574. The maximum atomic E-state index is 12.4. The molecule has 126 valence electrons. The lowest BCUT2D eigenvalue weighted by molar-refractivity contribution is -0.132. The van der Waals surface area contributed by atoms with Crippen molar-refractivity contribution >= 4 is 11.8 Å². The molecule has 2 rings (SSSR count). The van der Waals surface area contributed by atoms with Gasteiger partial charge in [0.2, 0.25) is 11.8 Å². The van der Waals surface area contributed by atoms with E-state index in [0.29, 0.717) is 0 Å². The molecule has 0 bridgehead atoms. The van der Waals surface area contributed by atoms with Gasteiger partial charge < -0.3 is 15.7 Å². The molecule has 1 aromatic rings. The molecular formula is C18H26N2O3. The number of rotatable bonds is 6. The number of carbonyl (C=O) groups excluding carboxylic acids is 2. The van der Waals surface area contributed by atoms with Crippen LogP contribution in [0.15, 0.2) is 18.2 Å². The van der Waals surface area contributed by atoms with E-state index in [9.17, 15) is 14.7 Å². The molecule has 23 heavy (non-hydrogen) atoms. The van der Waals surface area contributed by atoms with Crippen LogP contribution in [0.2, 0.25) is 0 Å². The molecule has 1 aromatic carbocycles. The smallest absolute Gasteiger partial charge is 0.245 e. The van der Waals surface area contributed by atoms with Crippen LogP contribution in [0.5, 0.6) is 0 Å². The largest absolute Gasteiger partial charge is 0.391 e. The fourth-order valence-electron chi connectivity index (χ4n) is 2.67. The summed E-state index contributed by atoms with van der Waals surface area (Å²) in [4.78, 5) is 24.3. The first-order chi connectivity index (χ1) is 10.8. The SMILES string of the molecule is Cc1cc(C)cc(C(C)NC(=O)C(NC(=O)C2CC2)C(C)O)c1. The van der Waals surface area contributed by atoms with Crippen LogP contribution >= 0.6 is 0 Å². The highest BCUT2D eigenvalue weighted by Crippen LogP contribution is 2.29. The number of hydrogen-bond acceptors (Lipinski definition) is 3. The Morgan fingerprint density at radius 1 is 1.09 bits per heavy atom. The Balaban J connectivity index is 2.03. The number of benzene rings is 1. The molecule has 3 unspecified atom stereocenters. The molecule has 1 aliphatic rings. The molecule has 3 N–H and O–H groups in total. The van der Waals surface area contributed by atoms with Crippen LogP contribution in [-0.4, -0.2) is 29.1 Å². The summed E-state index contributed by atoms with van der Waals surface area (Å²) in [5, 5.41) is 15.4. The van der Waals surface area contributed by atoms with Crippen LogP contribution < -0.4 is 10.6 Å². The molecule has 0 aromatic heterocycles. The van der Waals surface area contributed by atoms with Gasteiger partial charge in [-0.05, 0) is 46.1 Å². The minimum atomic E-state index is -0.941. The first-order valence-corrected chi connectivity index (χ1v) is 8.15. The van der Waals surface area contributed by atoms with Crippen molar-refractivity contribution < 1.29 is 14.7 Å². The monoisotopic (exact) mass is 318 g/mol. The highest BCUT2D eigenvalue weighted by atomic mass is 16.3. The molecule has 1 fully saturated rings. The summed E-state index contributed by atoms with van der Waals surface area (Å²) in [6.07, 6.45) is 0.780. The molecule has 1 aliphatic carbocycles. The third-order valence-electron chi connectivity index (χ3n) is 4.11. The summed E-state index contributed by atoms with van der Waals surface area (Å²) in [5.74, 6) is -0.508. The number of carbonyl (C=O) groups is 2. The normalized spacial score (nSPS) is 18.0. The number of amides is 2. The Morgan fingerprint density at radius 3 is 2.13 bits per heavy atom. The number of aryl methyl sites for hydroxylation is 2. The zero-order chi connectivity index (χ0) is 17.1. The summed E-state index contributed by atoms with van der Waals surface area (Å²) in [6, 6.07) is 5.01. The third-order valence-corrected chi connectivity index (χ3v) is 4.11. The van der Waals surface area contributed by atoms with Crippen LogP contribution in [0.1, 0.15) is 49.4 Å². The van der Waals surface area contributed by atoms with E-state index < -0.39 is 12.1 Å². The van der Waals surface area contributed by atoms with Gasteiger partial charge in [0, 0.05) is 5.92 Å². The molecule has 5 nitrogen and oxygen atoms in total. The number of aliphatic hydroxyl groups excluding tert-OH is 1. The van der Waals surface area contributed by atoms with Gasteiger partial charge in [0.15, 0.2) is 0 Å². The summed E-state index contributed by atoms with van der Waals surface area (Å²) in [6.45, 7) is 7.44. The van der Waals surface area contributed by atoms with E-state index in [1.165, 1.54) is 6.92 Å². The van der Waals surface area contributed by atoms with Gasteiger partial charge in [-0.2, -0.15) is 0 Å². The van der Waals surface area contributed by atoms with Crippen LogP contribution in [0.3, 0.4) is 0 Å². The zero-order valence-electron chi connectivity index (χ0n) is 14.2. The van der Waals surface area contributed by atoms with Gasteiger partial charge in [-0.3, -0.25) is 9.59 Å². The second-order valence-electron chi connectivity index (χ2n) is 6.65. The van der Waals surface area contributed by atoms with Crippen molar-refractivity contribution in [2.24, 2.45) is 5.92 Å². The number of aliphatic hydroxyl groups is 1. The van der Waals surface area contributed by atoms with E-state index in [1.807, 2.05) is 32.9 Å². The molecule has 0 aliphatic heterocycles. The third kappa shape index (κ3) is 4.79. The molecule has 0 spiro atoms. The summed E-state index contributed by atoms with van der Waals surface area (Å²) in [5.41, 5.74) is 3.28. The molecule has 3 atom stereocenters. The molecular weight excluding hydrogens is 292 g/mol. The topological polar surface area (TPSA) is 78.4 Å². The van der Waals surface area contributed by atoms with Gasteiger partial charge in [0.25, 0.3) is 0 Å². The highest BCUT2D eigenvalue weighted by molar-refractivity contribution is 5.89. The lowest BCUT2D eigenvalue weighted by atomic mass is 10.0. The van der Waals surface area contributed by atoms with E-state index in [0.717, 1.165) is 29.5 Å². The first-order valence-electron chi connectivity index (χ1n) is 8.15. The Kier molecular flexibility index (Phi) is 5.42. The average molecular weight is 318 g/mol. The minimum Gasteiger partial charge on any atom is -0.391 e. The van der Waals surface area contributed by atoms with Crippen LogP contribution in [0.25, 0.3) is 0 Å². The van der Waals surface area contributed by atoms with Crippen molar-refractivity contribution in [1.29, 1.82) is 0 Å². The lowest BCUT2D eigenvalue weighted by Crippen LogP contribution is -2.53. The summed E-state index contributed by atoms with van der Waals surface area (Å²) in [7, 11) is 0. The van der Waals surface area contributed by atoms with Crippen molar-refractivity contribution in [3.8, 4) is 0 Å². The van der Waals surface area contributed by atoms with Gasteiger partial charge in [0.05, 0.1) is 12.1 Å². The molecule has 2 amide bonds. The second kappa shape index (κ2) is 7.13. The van der Waals surface area contributed by atoms with Crippen LogP contribution in [-0.2, 0) is 9.59 Å². The van der Waals surface area contributed by atoms with E-state index in [2.05, 4.69) is 16.7 Å². The standard InChI is InChI=1S/C18H26N2O3/c1-10-7-11(2)9-15(8-10)12(3)19-18(23)16(13(4)21)20-17(22)14-5-6-14/h7-9,12-14,16,21H,5-6H2,1-4H3,(H,19,23)(H,20,22). The average Bonchev–Trinajstić information content (AvgIpc) is 3.27. The maximum Gasteiger partial charge on any atom is 0.245 e. The predicted molar refractivity (Wildman–Crippen MR) is 88.8 cm³/mol. The Morgan fingerprint density at radius 2 is 1.65 bits per heavy atom. The lowest BCUT2D eigenvalue weighted by Gasteiger charge is -2.24. The van der Waals surface area contributed by atoms with Crippen LogP contribution in [0, 0.1) is 19.8 Å². The van der Waals surface area contributed by atoms with E-state index in [4.69, 9.17) is 0 Å². The highest BCUT2D eigenvalue weighted by Gasteiger charge is 2.34.